The highest BCUT2D eigenvalue weighted by molar-refractivity contribution is 9.10. The van der Waals surface area contributed by atoms with Crippen molar-refractivity contribution >= 4 is 27.3 Å². The summed E-state index contributed by atoms with van der Waals surface area (Å²) in [6.45, 7) is 3.67. The molecular weight excluding hydrogens is 224 g/mol. The minimum atomic E-state index is 0.0457. The molecule has 1 aromatic heterocycles. The Morgan fingerprint density at radius 3 is 2.91 bits per heavy atom. The van der Waals surface area contributed by atoms with Gasteiger partial charge in [0.1, 0.15) is 0 Å². The fourth-order valence-corrected chi connectivity index (χ4v) is 2.45. The van der Waals surface area contributed by atoms with Crippen molar-refractivity contribution in [2.75, 3.05) is 0 Å². The third kappa shape index (κ3) is 1.90. The van der Waals surface area contributed by atoms with E-state index in [2.05, 4.69) is 27.9 Å². The summed E-state index contributed by atoms with van der Waals surface area (Å²) in [4.78, 5) is 1.16. The lowest BCUT2D eigenvalue weighted by Gasteiger charge is -2.08. The Kier molecular flexibility index (Phi) is 3.26. The molecule has 1 rings (SSSR count). The van der Waals surface area contributed by atoms with Gasteiger partial charge < -0.3 is 0 Å². The van der Waals surface area contributed by atoms with Gasteiger partial charge in [-0.3, -0.25) is 5.84 Å². The van der Waals surface area contributed by atoms with E-state index in [9.17, 15) is 0 Å². The molecule has 3 N–H and O–H groups in total. The van der Waals surface area contributed by atoms with Gasteiger partial charge in [-0.2, -0.15) is 0 Å². The number of nitrogens with one attached hydrogen (secondary N) is 1. The first-order chi connectivity index (χ1) is 5.29. The minimum absolute atomic E-state index is 0.0457. The topological polar surface area (TPSA) is 38.0 Å². The number of rotatable bonds is 3. The van der Waals surface area contributed by atoms with E-state index in [0.29, 0.717) is 0 Å². The molecule has 0 radical (unpaired) electrons. The van der Waals surface area contributed by atoms with Crippen molar-refractivity contribution in [3.05, 3.63) is 33.5 Å². The summed E-state index contributed by atoms with van der Waals surface area (Å²) in [5.41, 5.74) is 2.66. The summed E-state index contributed by atoms with van der Waals surface area (Å²) in [6, 6.07) is 2.04. The van der Waals surface area contributed by atoms with Crippen LogP contribution in [0.25, 0.3) is 0 Å². The summed E-state index contributed by atoms with van der Waals surface area (Å²) < 4.78 is 1.07. The second-order valence-electron chi connectivity index (χ2n) is 2.01. The van der Waals surface area contributed by atoms with E-state index in [1.54, 1.807) is 17.4 Å². The van der Waals surface area contributed by atoms with Crippen LogP contribution in [0, 0.1) is 0 Å². The zero-order valence-corrected chi connectivity index (χ0v) is 8.28. The van der Waals surface area contributed by atoms with Gasteiger partial charge in [-0.05, 0) is 27.4 Å². The second-order valence-corrected chi connectivity index (χ2v) is 3.81. The van der Waals surface area contributed by atoms with Crippen LogP contribution in [0.15, 0.2) is 28.6 Å². The van der Waals surface area contributed by atoms with Gasteiger partial charge in [-0.15, -0.1) is 17.9 Å². The lowest BCUT2D eigenvalue weighted by molar-refractivity contribution is 0.665. The van der Waals surface area contributed by atoms with E-state index < -0.39 is 0 Å². The second kappa shape index (κ2) is 4.01. The Morgan fingerprint density at radius 1 is 1.82 bits per heavy atom. The Balaban J connectivity index is 2.89. The van der Waals surface area contributed by atoms with Crippen LogP contribution in [0.2, 0.25) is 0 Å². The Morgan fingerprint density at radius 2 is 2.55 bits per heavy atom. The summed E-state index contributed by atoms with van der Waals surface area (Å²) in [5, 5.41) is 2.01. The van der Waals surface area contributed by atoms with Crippen LogP contribution in [0.3, 0.4) is 0 Å². The van der Waals surface area contributed by atoms with Gasteiger partial charge in [-0.25, -0.2) is 5.43 Å². The molecule has 0 spiro atoms. The molecule has 0 bridgehead atoms. The predicted octanol–water partition coefficient (Wildman–Crippen LogP) is 2.20. The van der Waals surface area contributed by atoms with E-state index in [1.807, 2.05) is 11.4 Å². The zero-order valence-electron chi connectivity index (χ0n) is 5.88. The molecule has 11 heavy (non-hydrogen) atoms. The molecule has 4 heteroatoms. The number of thiophene rings is 1. The van der Waals surface area contributed by atoms with E-state index in [-0.39, 0.29) is 6.04 Å². The summed E-state index contributed by atoms with van der Waals surface area (Å²) >= 11 is 5.06. The van der Waals surface area contributed by atoms with Crippen molar-refractivity contribution in [3.8, 4) is 0 Å². The summed E-state index contributed by atoms with van der Waals surface area (Å²) in [6.07, 6.45) is 1.77. The standard InChI is InChI=1S/C7H9BrN2S/c1-2-6(10-9)7-5(8)3-4-11-7/h2-4,6,10H,1,9H2. The van der Waals surface area contributed by atoms with Crippen molar-refractivity contribution in [2.24, 2.45) is 5.84 Å². The smallest absolute Gasteiger partial charge is 0.0742 e. The number of halogens is 1. The third-order valence-corrected chi connectivity index (χ3v) is 3.30. The Bertz CT molecular complexity index is 246. The lowest BCUT2D eigenvalue weighted by Crippen LogP contribution is -2.25. The normalized spacial score (nSPS) is 12.9. The first-order valence-corrected chi connectivity index (χ1v) is 4.78. The van der Waals surface area contributed by atoms with Crippen LogP contribution in [-0.2, 0) is 0 Å². The molecule has 0 fully saturated rings. The fourth-order valence-electron chi connectivity index (χ4n) is 0.778. The molecule has 1 unspecified atom stereocenters. The van der Waals surface area contributed by atoms with Crippen LogP contribution >= 0.6 is 27.3 Å². The van der Waals surface area contributed by atoms with Gasteiger partial charge in [0.25, 0.3) is 0 Å². The minimum Gasteiger partial charge on any atom is -0.271 e. The molecule has 0 saturated carbocycles. The number of hydrogen-bond acceptors (Lipinski definition) is 3. The highest BCUT2D eigenvalue weighted by Gasteiger charge is 2.09. The molecule has 2 nitrogen and oxygen atoms in total. The molecule has 1 atom stereocenters. The van der Waals surface area contributed by atoms with Crippen molar-refractivity contribution < 1.29 is 0 Å². The maximum atomic E-state index is 5.31. The third-order valence-electron chi connectivity index (χ3n) is 1.34. The maximum absolute atomic E-state index is 5.31. The fraction of sp³-hybridized carbons (Fsp3) is 0.143. The lowest BCUT2D eigenvalue weighted by atomic mass is 10.2. The van der Waals surface area contributed by atoms with Crippen LogP contribution in [0.4, 0.5) is 0 Å². The first-order valence-electron chi connectivity index (χ1n) is 3.11. The van der Waals surface area contributed by atoms with E-state index in [0.717, 1.165) is 9.35 Å². The van der Waals surface area contributed by atoms with Gasteiger partial charge in [0.2, 0.25) is 0 Å². The highest BCUT2D eigenvalue weighted by atomic mass is 79.9. The maximum Gasteiger partial charge on any atom is 0.0742 e. The molecule has 0 aromatic carbocycles. The molecule has 60 valence electrons. The zero-order chi connectivity index (χ0) is 8.27. The van der Waals surface area contributed by atoms with Gasteiger partial charge in [-0.1, -0.05) is 6.08 Å². The van der Waals surface area contributed by atoms with Crippen LogP contribution in [0.1, 0.15) is 10.9 Å². The molecule has 1 aromatic rings. The quantitative estimate of drug-likeness (QED) is 0.477. The first kappa shape index (κ1) is 8.93. The van der Waals surface area contributed by atoms with Crippen LogP contribution in [0.5, 0.6) is 0 Å². The predicted molar refractivity (Wildman–Crippen MR) is 52.3 cm³/mol. The SMILES string of the molecule is C=CC(NN)c1sccc1Br. The number of nitrogens with two attached hydrogens (primary N) is 1. The average molecular weight is 233 g/mol. The van der Waals surface area contributed by atoms with Gasteiger partial charge in [0, 0.05) is 9.35 Å². The van der Waals surface area contributed by atoms with Gasteiger partial charge >= 0.3 is 0 Å². The Hall–Kier alpha value is -0.160. The molecule has 0 amide bonds. The van der Waals surface area contributed by atoms with E-state index >= 15 is 0 Å². The van der Waals surface area contributed by atoms with Gasteiger partial charge in [0.15, 0.2) is 0 Å². The summed E-state index contributed by atoms with van der Waals surface area (Å²) in [7, 11) is 0. The van der Waals surface area contributed by atoms with Crippen LogP contribution in [-0.4, -0.2) is 0 Å². The van der Waals surface area contributed by atoms with Gasteiger partial charge in [0.05, 0.1) is 6.04 Å². The average Bonchev–Trinajstić information content (AvgIpc) is 2.40. The van der Waals surface area contributed by atoms with Crippen LogP contribution < -0.4 is 11.3 Å². The Labute approximate surface area is 78.2 Å². The highest BCUT2D eigenvalue weighted by Crippen LogP contribution is 2.28. The number of hydrazine groups is 1. The summed E-state index contributed by atoms with van der Waals surface area (Å²) in [5.74, 6) is 5.31. The monoisotopic (exact) mass is 232 g/mol. The van der Waals surface area contributed by atoms with Crippen molar-refractivity contribution in [3.63, 3.8) is 0 Å². The van der Waals surface area contributed by atoms with Crippen molar-refractivity contribution in [1.82, 2.24) is 5.43 Å². The largest absolute Gasteiger partial charge is 0.271 e. The molecule has 0 aliphatic heterocycles. The molecule has 0 saturated heterocycles. The van der Waals surface area contributed by atoms with E-state index in [4.69, 9.17) is 5.84 Å². The van der Waals surface area contributed by atoms with Crippen molar-refractivity contribution in [2.45, 2.75) is 6.04 Å². The number of hydrogen-bond donors (Lipinski definition) is 2. The van der Waals surface area contributed by atoms with Crippen molar-refractivity contribution in [1.29, 1.82) is 0 Å². The molecule has 1 heterocycles. The molecular formula is C7H9BrN2S. The molecule has 0 aliphatic rings. The van der Waals surface area contributed by atoms with E-state index in [1.165, 1.54) is 0 Å². The molecule has 0 aliphatic carbocycles.